The van der Waals surface area contributed by atoms with Gasteiger partial charge in [-0.1, -0.05) is 33.6 Å². The lowest BCUT2D eigenvalue weighted by atomic mass is 10.2. The minimum Gasteiger partial charge on any atom is -0.456 e. The summed E-state index contributed by atoms with van der Waals surface area (Å²) in [5.41, 5.74) is 1.11. The van der Waals surface area contributed by atoms with Gasteiger partial charge in [0.05, 0.1) is 5.02 Å². The largest absolute Gasteiger partial charge is 0.456 e. The van der Waals surface area contributed by atoms with Gasteiger partial charge in [0.25, 0.3) is 0 Å². The molecule has 0 aromatic heterocycles. The van der Waals surface area contributed by atoms with Crippen LogP contribution in [0.15, 0.2) is 40.9 Å². The Hall–Kier alpha value is -1.10. The van der Waals surface area contributed by atoms with Crippen molar-refractivity contribution in [3.05, 3.63) is 57.3 Å². The SMILES string of the molecule is Fc1cc(Br)cc(Oc2ccc(CNC3CC3)cc2Cl)c1. The Morgan fingerprint density at radius 1 is 1.24 bits per heavy atom. The molecule has 1 fully saturated rings. The minimum atomic E-state index is -0.360. The Bertz CT molecular complexity index is 640. The fraction of sp³-hybridized carbons (Fsp3) is 0.250. The molecule has 110 valence electrons. The van der Waals surface area contributed by atoms with Crippen LogP contribution >= 0.6 is 27.5 Å². The monoisotopic (exact) mass is 369 g/mol. The average molecular weight is 371 g/mol. The number of nitrogens with one attached hydrogen (secondary N) is 1. The highest BCUT2D eigenvalue weighted by molar-refractivity contribution is 9.10. The first-order valence-electron chi connectivity index (χ1n) is 6.76. The van der Waals surface area contributed by atoms with Crippen LogP contribution in [0, 0.1) is 5.82 Å². The van der Waals surface area contributed by atoms with Crippen molar-refractivity contribution in [2.24, 2.45) is 0 Å². The molecule has 2 nitrogen and oxygen atoms in total. The molecule has 21 heavy (non-hydrogen) atoms. The Morgan fingerprint density at radius 3 is 2.71 bits per heavy atom. The zero-order valence-corrected chi connectivity index (χ0v) is 13.5. The van der Waals surface area contributed by atoms with Crippen molar-refractivity contribution in [1.82, 2.24) is 5.32 Å². The Balaban J connectivity index is 1.72. The average Bonchev–Trinajstić information content (AvgIpc) is 3.22. The van der Waals surface area contributed by atoms with Crippen molar-refractivity contribution in [2.75, 3.05) is 0 Å². The van der Waals surface area contributed by atoms with E-state index >= 15 is 0 Å². The lowest BCUT2D eigenvalue weighted by Gasteiger charge is -2.10. The van der Waals surface area contributed by atoms with Crippen LogP contribution < -0.4 is 10.1 Å². The number of rotatable bonds is 5. The number of hydrogen-bond acceptors (Lipinski definition) is 2. The Morgan fingerprint density at radius 2 is 2.05 bits per heavy atom. The molecule has 2 aromatic rings. The van der Waals surface area contributed by atoms with Crippen molar-refractivity contribution in [1.29, 1.82) is 0 Å². The number of halogens is 3. The van der Waals surface area contributed by atoms with Gasteiger partial charge in [-0.3, -0.25) is 0 Å². The first-order valence-corrected chi connectivity index (χ1v) is 7.93. The molecule has 1 N–H and O–H groups in total. The van der Waals surface area contributed by atoms with Crippen molar-refractivity contribution >= 4 is 27.5 Å². The number of hydrogen-bond donors (Lipinski definition) is 1. The van der Waals surface area contributed by atoms with E-state index in [1.807, 2.05) is 18.2 Å². The molecule has 0 bridgehead atoms. The van der Waals surface area contributed by atoms with Crippen LogP contribution in [-0.2, 0) is 6.54 Å². The van der Waals surface area contributed by atoms with E-state index in [1.54, 1.807) is 6.07 Å². The molecule has 1 saturated carbocycles. The molecular formula is C16H14BrClFNO. The molecule has 0 unspecified atom stereocenters. The van der Waals surface area contributed by atoms with Gasteiger partial charge in [0.15, 0.2) is 0 Å². The number of benzene rings is 2. The van der Waals surface area contributed by atoms with E-state index in [0.717, 1.165) is 12.1 Å². The highest BCUT2D eigenvalue weighted by Crippen LogP contribution is 2.32. The van der Waals surface area contributed by atoms with Gasteiger partial charge in [-0.15, -0.1) is 0 Å². The predicted molar refractivity (Wildman–Crippen MR) is 85.5 cm³/mol. The molecule has 0 amide bonds. The summed E-state index contributed by atoms with van der Waals surface area (Å²) in [5.74, 6) is 0.567. The van der Waals surface area contributed by atoms with Gasteiger partial charge in [-0.05, 0) is 42.7 Å². The zero-order chi connectivity index (χ0) is 14.8. The van der Waals surface area contributed by atoms with Crippen molar-refractivity contribution in [3.63, 3.8) is 0 Å². The molecule has 2 aromatic carbocycles. The van der Waals surface area contributed by atoms with Gasteiger partial charge in [0.2, 0.25) is 0 Å². The number of ether oxygens (including phenoxy) is 1. The van der Waals surface area contributed by atoms with E-state index < -0.39 is 0 Å². The van der Waals surface area contributed by atoms with E-state index in [4.69, 9.17) is 16.3 Å². The molecule has 3 rings (SSSR count). The summed E-state index contributed by atoms with van der Waals surface area (Å²) >= 11 is 9.47. The molecular weight excluding hydrogens is 357 g/mol. The summed E-state index contributed by atoms with van der Waals surface area (Å²) in [6, 6.07) is 10.7. The smallest absolute Gasteiger partial charge is 0.146 e. The Kier molecular flexibility index (Phi) is 4.48. The third-order valence-corrected chi connectivity index (χ3v) is 3.99. The van der Waals surface area contributed by atoms with Gasteiger partial charge in [-0.2, -0.15) is 0 Å². The van der Waals surface area contributed by atoms with Gasteiger partial charge in [0.1, 0.15) is 17.3 Å². The van der Waals surface area contributed by atoms with Crippen LogP contribution in [0.25, 0.3) is 0 Å². The van der Waals surface area contributed by atoms with Crippen LogP contribution in [0.1, 0.15) is 18.4 Å². The molecule has 5 heteroatoms. The standard InChI is InChI=1S/C16H14BrClFNO/c17-11-6-12(19)8-14(7-11)21-16-4-1-10(5-15(16)18)9-20-13-2-3-13/h1,4-8,13,20H,2-3,9H2. The van der Waals surface area contributed by atoms with E-state index in [2.05, 4.69) is 21.2 Å². The molecule has 0 heterocycles. The van der Waals surface area contributed by atoms with Gasteiger partial charge in [-0.25, -0.2) is 4.39 Å². The topological polar surface area (TPSA) is 21.3 Å². The van der Waals surface area contributed by atoms with Crippen LogP contribution in [0.2, 0.25) is 5.02 Å². The summed E-state index contributed by atoms with van der Waals surface area (Å²) < 4.78 is 19.6. The zero-order valence-electron chi connectivity index (χ0n) is 11.2. The maximum Gasteiger partial charge on any atom is 0.146 e. The van der Waals surface area contributed by atoms with Gasteiger partial charge >= 0.3 is 0 Å². The first kappa shape index (κ1) is 14.8. The van der Waals surface area contributed by atoms with Crippen LogP contribution in [-0.4, -0.2) is 6.04 Å². The second-order valence-corrected chi connectivity index (χ2v) is 6.45. The van der Waals surface area contributed by atoms with E-state index in [-0.39, 0.29) is 5.82 Å². The van der Waals surface area contributed by atoms with Crippen molar-refractivity contribution < 1.29 is 9.13 Å². The molecule has 0 saturated heterocycles. The van der Waals surface area contributed by atoms with Crippen LogP contribution in [0.5, 0.6) is 11.5 Å². The van der Waals surface area contributed by atoms with Crippen molar-refractivity contribution in [2.45, 2.75) is 25.4 Å². The summed E-state index contributed by atoms with van der Waals surface area (Å²) in [7, 11) is 0. The van der Waals surface area contributed by atoms with Crippen LogP contribution in [0.4, 0.5) is 4.39 Å². The normalized spacial score (nSPS) is 14.2. The molecule has 0 atom stereocenters. The third-order valence-electron chi connectivity index (χ3n) is 3.23. The molecule has 0 aliphatic heterocycles. The predicted octanol–water partition coefficient (Wildman–Crippen LogP) is 5.29. The fourth-order valence-corrected chi connectivity index (χ4v) is 2.69. The van der Waals surface area contributed by atoms with E-state index in [9.17, 15) is 4.39 Å². The second-order valence-electron chi connectivity index (χ2n) is 5.13. The van der Waals surface area contributed by atoms with Gasteiger partial charge < -0.3 is 10.1 Å². The maximum atomic E-state index is 13.3. The van der Waals surface area contributed by atoms with Crippen molar-refractivity contribution in [3.8, 4) is 11.5 Å². The quantitative estimate of drug-likeness (QED) is 0.772. The summed E-state index contributed by atoms with van der Waals surface area (Å²) in [6.45, 7) is 0.802. The minimum absolute atomic E-state index is 0.360. The third kappa shape index (κ3) is 4.19. The molecule has 0 radical (unpaired) electrons. The molecule has 1 aliphatic carbocycles. The Labute approximate surface area is 136 Å². The molecule has 0 spiro atoms. The lowest BCUT2D eigenvalue weighted by molar-refractivity contribution is 0.476. The summed E-state index contributed by atoms with van der Waals surface area (Å²) in [4.78, 5) is 0. The highest BCUT2D eigenvalue weighted by Gasteiger charge is 2.20. The lowest BCUT2D eigenvalue weighted by Crippen LogP contribution is -2.15. The summed E-state index contributed by atoms with van der Waals surface area (Å²) in [6.07, 6.45) is 2.51. The second kappa shape index (κ2) is 6.34. The van der Waals surface area contributed by atoms with E-state index in [0.29, 0.717) is 27.0 Å². The first-order chi connectivity index (χ1) is 10.1. The maximum absolute atomic E-state index is 13.3. The summed E-state index contributed by atoms with van der Waals surface area (Å²) in [5, 5.41) is 3.95. The highest BCUT2D eigenvalue weighted by atomic mass is 79.9. The fourth-order valence-electron chi connectivity index (χ4n) is 2.00. The van der Waals surface area contributed by atoms with Crippen LogP contribution in [0.3, 0.4) is 0 Å². The molecule has 1 aliphatic rings. The van der Waals surface area contributed by atoms with Gasteiger partial charge in [0, 0.05) is 23.1 Å². The van der Waals surface area contributed by atoms with E-state index in [1.165, 1.54) is 25.0 Å².